The molecule has 0 spiro atoms. The molecule has 0 atom stereocenters. The third kappa shape index (κ3) is 5.65. The lowest BCUT2D eigenvalue weighted by Crippen LogP contribution is -2.47. The van der Waals surface area contributed by atoms with E-state index in [-0.39, 0.29) is 11.8 Å². The molecule has 0 saturated carbocycles. The first-order chi connectivity index (χ1) is 11.1. The van der Waals surface area contributed by atoms with Crippen molar-refractivity contribution in [1.82, 2.24) is 15.1 Å². The van der Waals surface area contributed by atoms with E-state index in [0.29, 0.717) is 19.4 Å². The van der Waals surface area contributed by atoms with Gasteiger partial charge in [0.15, 0.2) is 0 Å². The average Bonchev–Trinajstić information content (AvgIpc) is 2.55. The summed E-state index contributed by atoms with van der Waals surface area (Å²) in [4.78, 5) is 28.1. The quantitative estimate of drug-likeness (QED) is 0.804. The van der Waals surface area contributed by atoms with Crippen LogP contribution in [0.1, 0.15) is 12.0 Å². The summed E-state index contributed by atoms with van der Waals surface area (Å²) in [7, 11) is 3.89. The van der Waals surface area contributed by atoms with Crippen molar-refractivity contribution >= 4 is 17.5 Å². The van der Waals surface area contributed by atoms with Gasteiger partial charge in [-0.25, -0.2) is 0 Å². The van der Waals surface area contributed by atoms with Crippen molar-refractivity contribution in [2.75, 3.05) is 52.1 Å². The molecule has 0 aliphatic carbocycles. The zero-order valence-electron chi connectivity index (χ0n) is 14.0. The Morgan fingerprint density at radius 1 is 1.09 bits per heavy atom. The summed E-state index contributed by atoms with van der Waals surface area (Å²) in [6.45, 7) is 4.12. The number of benzene rings is 1. The molecule has 0 radical (unpaired) electrons. The summed E-state index contributed by atoms with van der Waals surface area (Å²) < 4.78 is 0. The molecular weight excluding hydrogens is 292 g/mol. The van der Waals surface area contributed by atoms with Gasteiger partial charge in [-0.1, -0.05) is 12.1 Å². The lowest BCUT2D eigenvalue weighted by atomic mass is 10.1. The summed E-state index contributed by atoms with van der Waals surface area (Å²) in [5.41, 5.74) is 1.74. The van der Waals surface area contributed by atoms with Crippen LogP contribution in [0.4, 0.5) is 5.69 Å². The molecule has 1 aromatic rings. The van der Waals surface area contributed by atoms with E-state index in [4.69, 9.17) is 0 Å². The van der Waals surface area contributed by atoms with Crippen LogP contribution < -0.4 is 10.6 Å². The summed E-state index contributed by atoms with van der Waals surface area (Å²) in [6, 6.07) is 7.51. The molecule has 2 N–H and O–H groups in total. The Labute approximate surface area is 137 Å². The fraction of sp³-hybridized carbons (Fsp3) is 0.529. The van der Waals surface area contributed by atoms with Crippen LogP contribution in [0.25, 0.3) is 0 Å². The van der Waals surface area contributed by atoms with Gasteiger partial charge in [-0.2, -0.15) is 0 Å². The first-order valence-electron chi connectivity index (χ1n) is 8.08. The average molecular weight is 318 g/mol. The van der Waals surface area contributed by atoms with E-state index < -0.39 is 0 Å². The Morgan fingerprint density at radius 2 is 1.74 bits per heavy atom. The minimum Gasteiger partial charge on any atom is -0.340 e. The van der Waals surface area contributed by atoms with Gasteiger partial charge >= 0.3 is 0 Å². The zero-order chi connectivity index (χ0) is 16.7. The highest BCUT2D eigenvalue weighted by atomic mass is 16.2. The van der Waals surface area contributed by atoms with E-state index in [0.717, 1.165) is 37.4 Å². The SMILES string of the molecule is CNCCC(=O)Nc1ccc(CC(=O)N2CCN(C)CC2)cc1. The number of rotatable bonds is 6. The van der Waals surface area contributed by atoms with Crippen LogP contribution >= 0.6 is 0 Å². The summed E-state index contributed by atoms with van der Waals surface area (Å²) in [5, 5.41) is 5.79. The molecule has 1 aliphatic rings. The van der Waals surface area contributed by atoms with Crippen molar-refractivity contribution in [1.29, 1.82) is 0 Å². The molecular formula is C17H26N4O2. The number of carbonyl (C=O) groups is 2. The number of nitrogens with one attached hydrogen (secondary N) is 2. The number of nitrogens with zero attached hydrogens (tertiary/aromatic N) is 2. The van der Waals surface area contributed by atoms with Gasteiger partial charge in [0.05, 0.1) is 6.42 Å². The number of likely N-dealkylation sites (N-methyl/N-ethyl adjacent to an activating group) is 1. The maximum atomic E-state index is 12.3. The Morgan fingerprint density at radius 3 is 2.35 bits per heavy atom. The Kier molecular flexibility index (Phi) is 6.55. The molecule has 126 valence electrons. The summed E-state index contributed by atoms with van der Waals surface area (Å²) in [5.74, 6) is 0.157. The monoisotopic (exact) mass is 318 g/mol. The number of hydrogen-bond donors (Lipinski definition) is 2. The third-order valence-corrected chi connectivity index (χ3v) is 4.05. The minimum atomic E-state index is -0.0133. The predicted molar refractivity (Wildman–Crippen MR) is 91.4 cm³/mol. The van der Waals surface area contributed by atoms with Crippen molar-refractivity contribution in [3.63, 3.8) is 0 Å². The van der Waals surface area contributed by atoms with Crippen LogP contribution in [-0.2, 0) is 16.0 Å². The molecule has 1 fully saturated rings. The Balaban J connectivity index is 1.82. The Bertz CT molecular complexity index is 522. The van der Waals surface area contributed by atoms with Gasteiger partial charge in [0, 0.05) is 44.8 Å². The first kappa shape index (κ1) is 17.4. The van der Waals surface area contributed by atoms with Crippen LogP contribution in [-0.4, -0.2) is 68.4 Å². The van der Waals surface area contributed by atoms with E-state index in [9.17, 15) is 9.59 Å². The predicted octanol–water partition coefficient (Wildman–Crippen LogP) is 0.551. The Hall–Kier alpha value is -1.92. The molecule has 1 heterocycles. The second kappa shape index (κ2) is 8.64. The van der Waals surface area contributed by atoms with E-state index >= 15 is 0 Å². The number of amides is 2. The van der Waals surface area contributed by atoms with Gasteiger partial charge in [0.25, 0.3) is 0 Å². The van der Waals surface area contributed by atoms with Crippen LogP contribution in [0.5, 0.6) is 0 Å². The summed E-state index contributed by atoms with van der Waals surface area (Å²) >= 11 is 0. The van der Waals surface area contributed by atoms with Gasteiger partial charge in [-0.05, 0) is 31.8 Å². The molecule has 2 rings (SSSR count). The molecule has 6 nitrogen and oxygen atoms in total. The van der Waals surface area contributed by atoms with Gasteiger partial charge < -0.3 is 20.4 Å². The number of anilines is 1. The highest BCUT2D eigenvalue weighted by Gasteiger charge is 2.18. The van der Waals surface area contributed by atoms with E-state index in [2.05, 4.69) is 22.6 Å². The fourth-order valence-electron chi connectivity index (χ4n) is 2.51. The van der Waals surface area contributed by atoms with Crippen molar-refractivity contribution in [3.05, 3.63) is 29.8 Å². The van der Waals surface area contributed by atoms with E-state index in [1.807, 2.05) is 36.2 Å². The van der Waals surface area contributed by atoms with E-state index in [1.54, 1.807) is 0 Å². The molecule has 0 unspecified atom stereocenters. The largest absolute Gasteiger partial charge is 0.340 e. The number of carbonyl (C=O) groups excluding carboxylic acids is 2. The van der Waals surface area contributed by atoms with Gasteiger partial charge in [-0.3, -0.25) is 9.59 Å². The molecule has 1 saturated heterocycles. The normalized spacial score (nSPS) is 15.5. The highest BCUT2D eigenvalue weighted by Crippen LogP contribution is 2.12. The third-order valence-electron chi connectivity index (χ3n) is 4.05. The van der Waals surface area contributed by atoms with E-state index in [1.165, 1.54) is 0 Å². The topological polar surface area (TPSA) is 64.7 Å². The maximum Gasteiger partial charge on any atom is 0.227 e. The maximum absolute atomic E-state index is 12.3. The van der Waals surface area contributed by atoms with Crippen LogP contribution in [0, 0.1) is 0 Å². The molecule has 1 aromatic carbocycles. The molecule has 2 amide bonds. The lowest BCUT2D eigenvalue weighted by molar-refractivity contribution is -0.132. The number of piperazine rings is 1. The summed E-state index contributed by atoms with van der Waals surface area (Å²) in [6.07, 6.45) is 0.859. The lowest BCUT2D eigenvalue weighted by Gasteiger charge is -2.32. The van der Waals surface area contributed by atoms with Crippen molar-refractivity contribution in [3.8, 4) is 0 Å². The van der Waals surface area contributed by atoms with Crippen molar-refractivity contribution < 1.29 is 9.59 Å². The van der Waals surface area contributed by atoms with Crippen LogP contribution in [0.3, 0.4) is 0 Å². The van der Waals surface area contributed by atoms with Gasteiger partial charge in [-0.15, -0.1) is 0 Å². The standard InChI is InChI=1S/C17H26N4O2/c1-18-8-7-16(22)19-15-5-3-14(4-6-15)13-17(23)21-11-9-20(2)10-12-21/h3-6,18H,7-13H2,1-2H3,(H,19,22). The van der Waals surface area contributed by atoms with Crippen LogP contribution in [0.15, 0.2) is 24.3 Å². The zero-order valence-corrected chi connectivity index (χ0v) is 14.0. The minimum absolute atomic E-state index is 0.0133. The highest BCUT2D eigenvalue weighted by molar-refractivity contribution is 5.90. The molecule has 0 aromatic heterocycles. The molecule has 1 aliphatic heterocycles. The first-order valence-corrected chi connectivity index (χ1v) is 8.08. The van der Waals surface area contributed by atoms with Gasteiger partial charge in [0.2, 0.25) is 11.8 Å². The molecule has 23 heavy (non-hydrogen) atoms. The smallest absolute Gasteiger partial charge is 0.227 e. The van der Waals surface area contributed by atoms with Gasteiger partial charge in [0.1, 0.15) is 0 Å². The van der Waals surface area contributed by atoms with Crippen LogP contribution in [0.2, 0.25) is 0 Å². The fourth-order valence-corrected chi connectivity index (χ4v) is 2.51. The molecule has 0 bridgehead atoms. The second-order valence-corrected chi connectivity index (χ2v) is 5.96. The molecule has 6 heteroatoms. The van der Waals surface area contributed by atoms with Crippen molar-refractivity contribution in [2.24, 2.45) is 0 Å². The van der Waals surface area contributed by atoms with Crippen molar-refractivity contribution in [2.45, 2.75) is 12.8 Å². The second-order valence-electron chi connectivity index (χ2n) is 5.96. The number of hydrogen-bond acceptors (Lipinski definition) is 4.